The number of carbonyl (C=O) groups is 4. The number of piperidine rings is 2. The number of hydrogen-bond donors (Lipinski definition) is 4. The minimum atomic E-state index is -0.663. The normalized spacial score (nSPS) is 29.0. The number of fused-ring (bicyclic) bond motifs is 2. The molecular formula is C49H58N8O8. The van der Waals surface area contributed by atoms with E-state index in [1.807, 2.05) is 22.2 Å². The number of rotatable bonds is 12. The predicted octanol–water partition coefficient (Wildman–Crippen LogP) is 6.36. The molecular weight excluding hydrogens is 829 g/mol. The van der Waals surface area contributed by atoms with E-state index in [9.17, 15) is 19.2 Å². The highest BCUT2D eigenvalue weighted by atomic mass is 16.5. The van der Waals surface area contributed by atoms with Crippen molar-refractivity contribution in [3.63, 3.8) is 0 Å². The van der Waals surface area contributed by atoms with Crippen LogP contribution in [0.5, 0.6) is 0 Å². The minimum absolute atomic E-state index is 0.0115. The highest BCUT2D eigenvalue weighted by Gasteiger charge is 2.58. The van der Waals surface area contributed by atoms with Gasteiger partial charge in [-0.3, -0.25) is 9.59 Å². The van der Waals surface area contributed by atoms with E-state index in [-0.39, 0.29) is 47.8 Å². The van der Waals surface area contributed by atoms with Crippen molar-refractivity contribution >= 4 is 24.0 Å². The van der Waals surface area contributed by atoms with Gasteiger partial charge in [-0.2, -0.15) is 0 Å². The predicted molar refractivity (Wildman–Crippen MR) is 236 cm³/mol. The Bertz CT molecular complexity index is 2240. The average Bonchev–Trinajstić information content (AvgIpc) is 4.28. The van der Waals surface area contributed by atoms with E-state index in [4.69, 9.17) is 28.9 Å². The first-order valence-electron chi connectivity index (χ1n) is 23.6. The molecule has 2 aromatic heterocycles. The molecule has 65 heavy (non-hydrogen) atoms. The second kappa shape index (κ2) is 17.2. The fourth-order valence-electron chi connectivity index (χ4n) is 11.6. The smallest absolute Gasteiger partial charge is 0.407 e. The van der Waals surface area contributed by atoms with Gasteiger partial charge in [0.2, 0.25) is 11.8 Å². The molecule has 16 nitrogen and oxygen atoms in total. The summed E-state index contributed by atoms with van der Waals surface area (Å²) in [4.78, 5) is 73.9. The van der Waals surface area contributed by atoms with Crippen LogP contribution >= 0.6 is 0 Å². The van der Waals surface area contributed by atoms with Gasteiger partial charge in [-0.1, -0.05) is 48.5 Å². The molecule has 10 atom stereocenters. The van der Waals surface area contributed by atoms with Crippen LogP contribution in [0.1, 0.15) is 104 Å². The topological polar surface area (TPSA) is 193 Å². The van der Waals surface area contributed by atoms with Gasteiger partial charge >= 0.3 is 12.2 Å². The van der Waals surface area contributed by atoms with Crippen molar-refractivity contribution in [1.29, 1.82) is 0 Å². The number of likely N-dealkylation sites (tertiary alicyclic amines) is 2. The summed E-state index contributed by atoms with van der Waals surface area (Å²) in [7, 11) is 2.65. The number of nitrogens with zero attached hydrogens (tertiary/aromatic N) is 4. The van der Waals surface area contributed by atoms with Crippen molar-refractivity contribution in [1.82, 2.24) is 40.4 Å². The molecule has 7 aliphatic rings. The van der Waals surface area contributed by atoms with Crippen molar-refractivity contribution in [2.45, 2.75) is 106 Å². The lowest BCUT2D eigenvalue weighted by molar-refractivity contribution is -0.138. The van der Waals surface area contributed by atoms with Crippen LogP contribution in [0.2, 0.25) is 0 Å². The number of carbonyl (C=O) groups excluding carboxylic acids is 4. The summed E-state index contributed by atoms with van der Waals surface area (Å²) in [5, 5.41) is 5.72. The Morgan fingerprint density at radius 2 is 1.00 bits per heavy atom. The van der Waals surface area contributed by atoms with Gasteiger partial charge in [-0.25, -0.2) is 19.6 Å². The number of benzene rings is 2. The standard InChI is InChI=1S/C49H58N8O8/c1-62-48(60)54-42(30-11-15-64-16-12-30)46(58)56-38-19-32(38)21-40(56)44-50-24-36(52-44)28-7-3-26(4-8-28)34-23-35(34)27-5-9-29(10-6-27)37-25-51-45(53-37)41-22-33-20-39(33)57(41)47(59)43(55-49(61)63-2)31-13-17-65-18-14-31/h3-10,24-25,30-35,38-43H,11-23H2,1-2H3,(H,50,52)(H,51,53)(H,54,60)(H,55,61)/t32-,33-,34+,35+,38-,39-,40+,41+,42+,43+/m1/s1. The van der Waals surface area contributed by atoms with Crippen LogP contribution in [-0.4, -0.2) is 119 Å². The molecule has 0 spiro atoms. The number of nitrogens with one attached hydrogen (secondary N) is 4. The number of amides is 4. The molecule has 4 aliphatic heterocycles. The lowest BCUT2D eigenvalue weighted by Crippen LogP contribution is -2.54. The SMILES string of the molecule is COC(=O)N[C@H](C(=O)N1[C@@H]2C[C@@H]2C[C@H]1c1ncc(-c2ccc([C@@H]3C[C@H]3c3ccc(-c4cnc([C@@H]5C[C@H]6C[C@H]6N5C(=O)[C@@H](NC(=O)OC)C5CCOCC5)[nH]4)cc3)cc2)[nH]1)C1CCOCC1. The lowest BCUT2D eigenvalue weighted by atomic mass is 9.90. The molecule has 4 saturated heterocycles. The zero-order valence-corrected chi connectivity index (χ0v) is 36.9. The summed E-state index contributed by atoms with van der Waals surface area (Å²) in [6.07, 6.45) is 10.1. The largest absolute Gasteiger partial charge is 0.453 e. The molecule has 7 fully saturated rings. The Morgan fingerprint density at radius 3 is 1.38 bits per heavy atom. The van der Waals surface area contributed by atoms with Crippen LogP contribution in [0.25, 0.3) is 22.5 Å². The number of alkyl carbamates (subject to hydrolysis) is 2. The molecule has 3 aliphatic carbocycles. The van der Waals surface area contributed by atoms with Crippen molar-refractivity contribution in [2.24, 2.45) is 23.7 Å². The zero-order valence-electron chi connectivity index (χ0n) is 36.9. The summed E-state index contributed by atoms with van der Waals surface area (Å²) in [6.45, 7) is 2.29. The molecule has 4 N–H and O–H groups in total. The zero-order chi connectivity index (χ0) is 44.3. The van der Waals surface area contributed by atoms with E-state index in [1.54, 1.807) is 0 Å². The van der Waals surface area contributed by atoms with E-state index in [0.29, 0.717) is 75.8 Å². The van der Waals surface area contributed by atoms with Crippen molar-refractivity contribution in [3.05, 3.63) is 83.7 Å². The van der Waals surface area contributed by atoms with Crippen LogP contribution in [-0.2, 0) is 28.5 Å². The first-order valence-corrected chi connectivity index (χ1v) is 23.6. The number of hydrogen-bond acceptors (Lipinski definition) is 10. The van der Waals surface area contributed by atoms with Crippen molar-refractivity contribution < 1.29 is 38.1 Å². The monoisotopic (exact) mass is 886 g/mol. The molecule has 0 radical (unpaired) electrons. The van der Waals surface area contributed by atoms with Gasteiger partial charge in [-0.05, 0) is 116 Å². The number of imidazole rings is 2. The molecule has 0 unspecified atom stereocenters. The third-order valence-electron chi connectivity index (χ3n) is 15.6. The van der Waals surface area contributed by atoms with Crippen LogP contribution in [0.15, 0.2) is 60.9 Å². The number of aromatic nitrogens is 4. The molecule has 6 heterocycles. The lowest BCUT2D eigenvalue weighted by Gasteiger charge is -2.35. The van der Waals surface area contributed by atoms with E-state index in [0.717, 1.165) is 66.3 Å². The summed E-state index contributed by atoms with van der Waals surface area (Å²) >= 11 is 0. The van der Waals surface area contributed by atoms with Gasteiger partial charge in [0.1, 0.15) is 23.7 Å². The summed E-state index contributed by atoms with van der Waals surface area (Å²) < 4.78 is 21.0. The molecule has 4 amide bonds. The molecule has 16 heteroatoms. The number of H-pyrrole nitrogens is 2. The molecule has 3 saturated carbocycles. The maximum Gasteiger partial charge on any atom is 0.407 e. The third-order valence-corrected chi connectivity index (χ3v) is 15.6. The number of methoxy groups -OCH3 is 2. The average molecular weight is 887 g/mol. The second-order valence-electron chi connectivity index (χ2n) is 19.3. The molecule has 342 valence electrons. The molecule has 2 aromatic carbocycles. The number of aromatic amines is 2. The highest BCUT2D eigenvalue weighted by Crippen LogP contribution is 2.56. The fourth-order valence-corrected chi connectivity index (χ4v) is 11.6. The molecule has 0 bridgehead atoms. The summed E-state index contributed by atoms with van der Waals surface area (Å²) in [5.74, 6) is 3.19. The van der Waals surface area contributed by atoms with E-state index in [1.165, 1.54) is 25.3 Å². The van der Waals surface area contributed by atoms with Gasteiger partial charge < -0.3 is 49.3 Å². The van der Waals surface area contributed by atoms with Crippen LogP contribution in [0.3, 0.4) is 0 Å². The third kappa shape index (κ3) is 8.17. The maximum absolute atomic E-state index is 14.2. The quantitative estimate of drug-likeness (QED) is 0.124. The summed E-state index contributed by atoms with van der Waals surface area (Å²) in [6, 6.07) is 16.2. The van der Waals surface area contributed by atoms with Gasteiger partial charge in [0, 0.05) is 38.5 Å². The van der Waals surface area contributed by atoms with Crippen LogP contribution < -0.4 is 10.6 Å². The van der Waals surface area contributed by atoms with E-state index < -0.39 is 24.3 Å². The Hall–Kier alpha value is -5.74. The van der Waals surface area contributed by atoms with Gasteiger partial charge in [0.05, 0.1) is 50.1 Å². The van der Waals surface area contributed by atoms with E-state index >= 15 is 0 Å². The highest BCUT2D eigenvalue weighted by molar-refractivity contribution is 5.88. The van der Waals surface area contributed by atoms with Crippen LogP contribution in [0, 0.1) is 23.7 Å². The molecule has 4 aromatic rings. The Balaban J connectivity index is 0.725. The maximum atomic E-state index is 14.2. The first-order chi connectivity index (χ1) is 31.8. The van der Waals surface area contributed by atoms with Crippen LogP contribution in [0.4, 0.5) is 9.59 Å². The Kier molecular flexibility index (Phi) is 11.1. The first kappa shape index (κ1) is 41.9. The van der Waals surface area contributed by atoms with Gasteiger partial charge in [-0.15, -0.1) is 0 Å². The molecule has 11 rings (SSSR count). The Morgan fingerprint density at radius 1 is 0.600 bits per heavy atom. The summed E-state index contributed by atoms with van der Waals surface area (Å²) in [5.41, 5.74) is 6.52. The van der Waals surface area contributed by atoms with Crippen molar-refractivity contribution in [3.8, 4) is 22.5 Å². The van der Waals surface area contributed by atoms with Gasteiger partial charge in [0.15, 0.2) is 0 Å². The second-order valence-corrected chi connectivity index (χ2v) is 19.3. The number of ether oxygens (including phenoxy) is 4. The van der Waals surface area contributed by atoms with E-state index in [2.05, 4.69) is 69.1 Å². The minimum Gasteiger partial charge on any atom is -0.453 e. The fraction of sp³-hybridized carbons (Fsp3) is 0.551. The van der Waals surface area contributed by atoms with Crippen molar-refractivity contribution in [2.75, 3.05) is 40.6 Å². The van der Waals surface area contributed by atoms with Gasteiger partial charge in [0.25, 0.3) is 0 Å². The Labute approximate surface area is 377 Å².